The Hall–Kier alpha value is -2.22. The number of rotatable bonds is 2. The maximum Gasteiger partial charge on any atom is 0.356 e. The average Bonchev–Trinajstić information content (AvgIpc) is 3.04. The summed E-state index contributed by atoms with van der Waals surface area (Å²) in [7, 11) is 1.31. The lowest BCUT2D eigenvalue weighted by atomic mass is 10.4. The van der Waals surface area contributed by atoms with Crippen molar-refractivity contribution in [1.29, 1.82) is 0 Å². The topological polar surface area (TPSA) is 74.3 Å². The number of aromatic nitrogens is 5. The van der Waals surface area contributed by atoms with Gasteiger partial charge in [-0.3, -0.25) is 0 Å². The highest BCUT2D eigenvalue weighted by molar-refractivity contribution is 9.10. The Labute approximate surface area is 115 Å². The van der Waals surface area contributed by atoms with E-state index >= 15 is 0 Å². The second-order valence-corrected chi connectivity index (χ2v) is 4.49. The van der Waals surface area contributed by atoms with Crippen molar-refractivity contribution in [1.82, 2.24) is 24.4 Å². The van der Waals surface area contributed by atoms with Crippen LogP contribution in [0, 0.1) is 0 Å². The van der Waals surface area contributed by atoms with Gasteiger partial charge in [-0.1, -0.05) is 0 Å². The predicted octanol–water partition coefficient (Wildman–Crippen LogP) is 1.46. The van der Waals surface area contributed by atoms with Gasteiger partial charge in [0.25, 0.3) is 0 Å². The van der Waals surface area contributed by atoms with Crippen molar-refractivity contribution >= 4 is 27.5 Å². The second-order valence-electron chi connectivity index (χ2n) is 3.68. The van der Waals surface area contributed by atoms with E-state index in [4.69, 9.17) is 4.74 Å². The quantitative estimate of drug-likeness (QED) is 0.668. The molecule has 3 rings (SSSR count). The van der Waals surface area contributed by atoms with Crippen LogP contribution >= 0.6 is 15.9 Å². The number of methoxy groups -OCH3 is 1. The van der Waals surface area contributed by atoms with Gasteiger partial charge in [-0.2, -0.15) is 14.7 Å². The van der Waals surface area contributed by atoms with Crippen LogP contribution in [0.4, 0.5) is 0 Å². The second kappa shape index (κ2) is 4.47. The molecule has 3 heterocycles. The Morgan fingerprint density at radius 3 is 2.95 bits per heavy atom. The third kappa shape index (κ3) is 1.99. The summed E-state index contributed by atoms with van der Waals surface area (Å²) >= 11 is 3.28. The Balaban J connectivity index is 2.31. The van der Waals surface area contributed by atoms with Gasteiger partial charge in [0.05, 0.1) is 7.11 Å². The van der Waals surface area contributed by atoms with E-state index in [9.17, 15) is 4.79 Å². The van der Waals surface area contributed by atoms with Gasteiger partial charge in [0, 0.05) is 24.5 Å². The largest absolute Gasteiger partial charge is 0.464 e. The number of carbonyl (C=O) groups is 1. The van der Waals surface area contributed by atoms with Gasteiger partial charge in [-0.25, -0.2) is 14.5 Å². The molecule has 7 nitrogen and oxygen atoms in total. The summed E-state index contributed by atoms with van der Waals surface area (Å²) in [4.78, 5) is 15.8. The number of nitrogens with zero attached hydrogens (tertiary/aromatic N) is 5. The van der Waals surface area contributed by atoms with Crippen molar-refractivity contribution in [3.05, 3.63) is 40.9 Å². The molecule has 0 amide bonds. The Kier molecular flexibility index (Phi) is 2.79. The summed E-state index contributed by atoms with van der Waals surface area (Å²) in [5.74, 6) is 0.0920. The first-order valence-electron chi connectivity index (χ1n) is 5.33. The van der Waals surface area contributed by atoms with Crippen LogP contribution < -0.4 is 0 Å². The van der Waals surface area contributed by atoms with Gasteiger partial charge < -0.3 is 4.74 Å². The van der Waals surface area contributed by atoms with Crippen molar-refractivity contribution in [3.63, 3.8) is 0 Å². The first-order valence-corrected chi connectivity index (χ1v) is 6.13. The zero-order valence-electron chi connectivity index (χ0n) is 9.82. The lowest BCUT2D eigenvalue weighted by Gasteiger charge is -2.06. The Bertz CT molecular complexity index is 750. The van der Waals surface area contributed by atoms with Crippen molar-refractivity contribution in [2.75, 3.05) is 7.11 Å². The fourth-order valence-electron chi connectivity index (χ4n) is 1.71. The van der Waals surface area contributed by atoms with E-state index in [2.05, 4.69) is 31.1 Å². The van der Waals surface area contributed by atoms with E-state index in [0.29, 0.717) is 16.1 Å². The van der Waals surface area contributed by atoms with Crippen LogP contribution in [-0.2, 0) is 4.74 Å². The van der Waals surface area contributed by atoms with Crippen LogP contribution in [0.5, 0.6) is 0 Å². The molecular weight excluding hydrogens is 314 g/mol. The number of hydrogen-bond donors (Lipinski definition) is 0. The highest BCUT2D eigenvalue weighted by atomic mass is 79.9. The SMILES string of the molecule is COC(=O)c1cc(-n2cccn2)n2nc(Br)cc2n1. The Morgan fingerprint density at radius 2 is 2.26 bits per heavy atom. The van der Waals surface area contributed by atoms with Gasteiger partial charge in [0.15, 0.2) is 17.2 Å². The molecule has 3 aromatic heterocycles. The number of esters is 1. The minimum atomic E-state index is -0.506. The van der Waals surface area contributed by atoms with Crippen molar-refractivity contribution in [3.8, 4) is 5.82 Å². The standard InChI is InChI=1S/C11H8BrN5O2/c1-19-11(18)7-5-10(16-4-2-3-13-16)17-9(14-7)6-8(12)15-17/h2-6H,1H3. The number of hydrogen-bond acceptors (Lipinski definition) is 5. The molecule has 8 heteroatoms. The van der Waals surface area contributed by atoms with E-state index in [0.717, 1.165) is 0 Å². The summed E-state index contributed by atoms with van der Waals surface area (Å²) in [6.07, 6.45) is 3.40. The zero-order valence-corrected chi connectivity index (χ0v) is 11.4. The highest BCUT2D eigenvalue weighted by Gasteiger charge is 2.15. The predicted molar refractivity (Wildman–Crippen MR) is 69.1 cm³/mol. The minimum absolute atomic E-state index is 0.202. The number of halogens is 1. The summed E-state index contributed by atoms with van der Waals surface area (Å²) < 4.78 is 8.50. The molecule has 0 aliphatic carbocycles. The van der Waals surface area contributed by atoms with E-state index < -0.39 is 5.97 Å². The molecule has 96 valence electrons. The third-order valence-electron chi connectivity index (χ3n) is 2.51. The molecule has 0 N–H and O–H groups in total. The molecule has 0 bridgehead atoms. The first-order chi connectivity index (χ1) is 9.19. The van der Waals surface area contributed by atoms with Gasteiger partial charge in [-0.15, -0.1) is 0 Å². The highest BCUT2D eigenvalue weighted by Crippen LogP contribution is 2.16. The van der Waals surface area contributed by atoms with Crippen LogP contribution in [-0.4, -0.2) is 37.5 Å². The molecule has 0 atom stereocenters. The molecule has 0 aliphatic heterocycles. The third-order valence-corrected chi connectivity index (χ3v) is 2.90. The number of fused-ring (bicyclic) bond motifs is 1. The van der Waals surface area contributed by atoms with Crippen molar-refractivity contribution < 1.29 is 9.53 Å². The molecule has 0 aromatic carbocycles. The molecule has 0 fully saturated rings. The number of carbonyl (C=O) groups excluding carboxylic acids is 1. The smallest absolute Gasteiger partial charge is 0.356 e. The molecule has 0 radical (unpaired) electrons. The molecule has 0 unspecified atom stereocenters. The fourth-order valence-corrected chi connectivity index (χ4v) is 2.07. The molecule has 19 heavy (non-hydrogen) atoms. The maximum atomic E-state index is 11.6. The van der Waals surface area contributed by atoms with E-state index in [-0.39, 0.29) is 5.69 Å². The Morgan fingerprint density at radius 1 is 1.42 bits per heavy atom. The van der Waals surface area contributed by atoms with Gasteiger partial charge >= 0.3 is 5.97 Å². The molecule has 0 saturated heterocycles. The van der Waals surface area contributed by atoms with Crippen molar-refractivity contribution in [2.45, 2.75) is 0 Å². The molecule has 0 aliphatic rings. The maximum absolute atomic E-state index is 11.6. The van der Waals surface area contributed by atoms with Gasteiger partial charge in [0.1, 0.15) is 4.60 Å². The summed E-state index contributed by atoms with van der Waals surface area (Å²) in [6.45, 7) is 0. The van der Waals surface area contributed by atoms with Gasteiger partial charge in [-0.05, 0) is 22.0 Å². The van der Waals surface area contributed by atoms with Crippen LogP contribution in [0.2, 0.25) is 0 Å². The monoisotopic (exact) mass is 321 g/mol. The molecule has 0 spiro atoms. The normalized spacial score (nSPS) is 10.8. The van der Waals surface area contributed by atoms with Crippen LogP contribution in [0.25, 0.3) is 11.5 Å². The zero-order chi connectivity index (χ0) is 13.4. The molecule has 3 aromatic rings. The van der Waals surface area contributed by atoms with Crippen LogP contribution in [0.3, 0.4) is 0 Å². The lowest BCUT2D eigenvalue weighted by molar-refractivity contribution is 0.0594. The minimum Gasteiger partial charge on any atom is -0.464 e. The van der Waals surface area contributed by atoms with E-state index in [1.165, 1.54) is 7.11 Å². The van der Waals surface area contributed by atoms with Crippen LogP contribution in [0.1, 0.15) is 10.5 Å². The molecule has 0 saturated carbocycles. The first kappa shape index (κ1) is 11.8. The van der Waals surface area contributed by atoms with Crippen LogP contribution in [0.15, 0.2) is 35.2 Å². The summed E-state index contributed by atoms with van der Waals surface area (Å²) in [5.41, 5.74) is 0.730. The fraction of sp³-hybridized carbons (Fsp3) is 0.0909. The average molecular weight is 322 g/mol. The number of ether oxygens (including phenoxy) is 1. The van der Waals surface area contributed by atoms with Crippen molar-refractivity contribution in [2.24, 2.45) is 0 Å². The summed E-state index contributed by atoms with van der Waals surface area (Å²) in [5, 5.41) is 8.39. The molecular formula is C11H8BrN5O2. The van der Waals surface area contributed by atoms with E-state index in [1.807, 2.05) is 0 Å². The summed E-state index contributed by atoms with van der Waals surface area (Å²) in [6, 6.07) is 5.06. The van der Waals surface area contributed by atoms with E-state index in [1.54, 1.807) is 39.8 Å². The van der Waals surface area contributed by atoms with Gasteiger partial charge in [0.2, 0.25) is 0 Å². The lowest BCUT2D eigenvalue weighted by Crippen LogP contribution is -2.11.